The Kier molecular flexibility index (Phi) is 3.39. The zero-order valence-electron chi connectivity index (χ0n) is 11.9. The summed E-state index contributed by atoms with van der Waals surface area (Å²) in [4.78, 5) is 8.50. The van der Waals surface area contributed by atoms with Crippen molar-refractivity contribution in [2.24, 2.45) is 7.05 Å². The number of anilines is 2. The molecule has 0 saturated heterocycles. The number of aryl methyl sites for hydroxylation is 2. The van der Waals surface area contributed by atoms with Crippen molar-refractivity contribution in [2.45, 2.75) is 6.92 Å². The maximum absolute atomic E-state index is 6.01. The Morgan fingerprint density at radius 3 is 2.76 bits per heavy atom. The van der Waals surface area contributed by atoms with Crippen LogP contribution in [-0.4, -0.2) is 26.9 Å². The molecule has 108 valence electrons. The van der Waals surface area contributed by atoms with Gasteiger partial charge in [0.15, 0.2) is 5.65 Å². The summed E-state index contributed by atoms with van der Waals surface area (Å²) in [6.45, 7) is 1.91. The number of nitrogens with zero attached hydrogens (tertiary/aromatic N) is 4. The first-order chi connectivity index (χ1) is 10.1. The van der Waals surface area contributed by atoms with Gasteiger partial charge in [-0.25, -0.2) is 4.68 Å². The van der Waals surface area contributed by atoms with Gasteiger partial charge in [-0.2, -0.15) is 15.1 Å². The number of nitrogens with one attached hydrogen (secondary N) is 1. The fourth-order valence-corrected chi connectivity index (χ4v) is 2.44. The van der Waals surface area contributed by atoms with Crippen LogP contribution in [-0.2, 0) is 7.05 Å². The third-order valence-electron chi connectivity index (χ3n) is 3.19. The van der Waals surface area contributed by atoms with Gasteiger partial charge in [-0.15, -0.1) is 0 Å². The van der Waals surface area contributed by atoms with E-state index in [4.69, 9.17) is 16.3 Å². The van der Waals surface area contributed by atoms with Crippen LogP contribution in [0.25, 0.3) is 11.0 Å². The van der Waals surface area contributed by atoms with Crippen molar-refractivity contribution in [1.29, 1.82) is 0 Å². The molecular weight excluding hydrogens is 290 g/mol. The number of benzene rings is 1. The summed E-state index contributed by atoms with van der Waals surface area (Å²) in [7, 11) is 3.45. The molecule has 0 amide bonds. The Labute approximate surface area is 126 Å². The number of hydrogen-bond acceptors (Lipinski definition) is 5. The molecule has 0 unspecified atom stereocenters. The second kappa shape index (κ2) is 5.21. The van der Waals surface area contributed by atoms with Crippen LogP contribution in [0.2, 0.25) is 5.28 Å². The first-order valence-corrected chi connectivity index (χ1v) is 6.75. The topological polar surface area (TPSA) is 64.9 Å². The monoisotopic (exact) mass is 303 g/mol. The Morgan fingerprint density at radius 1 is 1.24 bits per heavy atom. The number of ether oxygens (including phenoxy) is 1. The summed E-state index contributed by atoms with van der Waals surface area (Å²) in [5.74, 6) is 1.34. The van der Waals surface area contributed by atoms with E-state index >= 15 is 0 Å². The van der Waals surface area contributed by atoms with Crippen LogP contribution >= 0.6 is 11.6 Å². The van der Waals surface area contributed by atoms with Gasteiger partial charge in [0.25, 0.3) is 0 Å². The third kappa shape index (κ3) is 2.38. The molecule has 3 aromatic rings. The van der Waals surface area contributed by atoms with Crippen LogP contribution in [0, 0.1) is 6.92 Å². The van der Waals surface area contributed by atoms with Crippen LogP contribution in [0.15, 0.2) is 24.3 Å². The number of methoxy groups -OCH3 is 1. The average Bonchev–Trinajstić information content (AvgIpc) is 2.74. The minimum atomic E-state index is 0.169. The summed E-state index contributed by atoms with van der Waals surface area (Å²) < 4.78 is 7.02. The van der Waals surface area contributed by atoms with Gasteiger partial charge in [-0.1, -0.05) is 12.1 Å². The largest absolute Gasteiger partial charge is 0.495 e. The van der Waals surface area contributed by atoms with E-state index in [9.17, 15) is 0 Å². The standard InChI is InChI=1S/C14H14ClN5O/c1-8-11-12(16-9-6-4-5-7-10(9)21-3)17-14(15)18-13(11)20(2)19-8/h4-7H,1-3H3,(H,16,17,18). The summed E-state index contributed by atoms with van der Waals surface area (Å²) in [6.07, 6.45) is 0. The lowest BCUT2D eigenvalue weighted by Gasteiger charge is -2.11. The summed E-state index contributed by atoms with van der Waals surface area (Å²) in [5.41, 5.74) is 2.32. The maximum Gasteiger partial charge on any atom is 0.226 e. The molecule has 0 aliphatic heterocycles. The maximum atomic E-state index is 6.01. The summed E-state index contributed by atoms with van der Waals surface area (Å²) >= 11 is 6.01. The van der Waals surface area contributed by atoms with Gasteiger partial charge in [0, 0.05) is 7.05 Å². The highest BCUT2D eigenvalue weighted by Gasteiger charge is 2.15. The number of aromatic nitrogens is 4. The van der Waals surface area contributed by atoms with E-state index in [0.29, 0.717) is 11.5 Å². The molecule has 0 bridgehead atoms. The van der Waals surface area contributed by atoms with Crippen molar-refractivity contribution in [3.63, 3.8) is 0 Å². The lowest BCUT2D eigenvalue weighted by atomic mass is 10.2. The van der Waals surface area contributed by atoms with Crippen LogP contribution in [0.1, 0.15) is 5.69 Å². The number of halogens is 1. The number of rotatable bonds is 3. The Balaban J connectivity index is 2.16. The molecule has 0 saturated carbocycles. The summed E-state index contributed by atoms with van der Waals surface area (Å²) in [5, 5.41) is 8.62. The molecule has 0 atom stereocenters. The van der Waals surface area contributed by atoms with Gasteiger partial charge in [-0.05, 0) is 30.7 Å². The lowest BCUT2D eigenvalue weighted by Crippen LogP contribution is -2.00. The molecule has 6 nitrogen and oxygen atoms in total. The fourth-order valence-electron chi connectivity index (χ4n) is 2.28. The zero-order valence-corrected chi connectivity index (χ0v) is 12.6. The Morgan fingerprint density at radius 2 is 2.00 bits per heavy atom. The molecule has 21 heavy (non-hydrogen) atoms. The van der Waals surface area contributed by atoms with Crippen molar-refractivity contribution in [2.75, 3.05) is 12.4 Å². The molecule has 0 aliphatic rings. The van der Waals surface area contributed by atoms with Gasteiger partial charge in [0.2, 0.25) is 5.28 Å². The molecule has 2 heterocycles. The number of para-hydroxylation sites is 2. The second-order valence-corrected chi connectivity index (χ2v) is 4.91. The molecule has 7 heteroatoms. The second-order valence-electron chi connectivity index (χ2n) is 4.57. The molecule has 3 rings (SSSR count). The molecule has 0 spiro atoms. The van der Waals surface area contributed by atoms with Crippen molar-refractivity contribution in [3.8, 4) is 5.75 Å². The van der Waals surface area contributed by atoms with E-state index in [1.807, 2.05) is 38.2 Å². The van der Waals surface area contributed by atoms with Gasteiger partial charge < -0.3 is 10.1 Å². The molecule has 2 aromatic heterocycles. The normalized spacial score (nSPS) is 10.9. The molecule has 0 radical (unpaired) electrons. The zero-order chi connectivity index (χ0) is 15.0. The lowest BCUT2D eigenvalue weighted by molar-refractivity contribution is 0.417. The fraction of sp³-hybridized carbons (Fsp3) is 0.214. The number of hydrogen-bond donors (Lipinski definition) is 1. The minimum Gasteiger partial charge on any atom is -0.495 e. The van der Waals surface area contributed by atoms with Crippen molar-refractivity contribution >= 4 is 34.1 Å². The first-order valence-electron chi connectivity index (χ1n) is 6.37. The van der Waals surface area contributed by atoms with E-state index in [1.165, 1.54) is 0 Å². The summed E-state index contributed by atoms with van der Waals surface area (Å²) in [6, 6.07) is 7.60. The van der Waals surface area contributed by atoms with Gasteiger partial charge in [0.05, 0.1) is 23.9 Å². The van der Waals surface area contributed by atoms with E-state index in [2.05, 4.69) is 20.4 Å². The van der Waals surface area contributed by atoms with Crippen LogP contribution in [0.4, 0.5) is 11.5 Å². The van der Waals surface area contributed by atoms with E-state index in [1.54, 1.807) is 11.8 Å². The Hall–Kier alpha value is -2.34. The van der Waals surface area contributed by atoms with E-state index in [0.717, 1.165) is 22.5 Å². The van der Waals surface area contributed by atoms with Gasteiger partial charge in [-0.3, -0.25) is 0 Å². The Bertz CT molecular complexity index is 814. The van der Waals surface area contributed by atoms with E-state index in [-0.39, 0.29) is 5.28 Å². The predicted octanol–water partition coefficient (Wildman–Crippen LogP) is 3.08. The average molecular weight is 304 g/mol. The highest BCUT2D eigenvalue weighted by Crippen LogP contribution is 2.31. The molecule has 0 aliphatic carbocycles. The van der Waals surface area contributed by atoms with Gasteiger partial charge >= 0.3 is 0 Å². The highest BCUT2D eigenvalue weighted by atomic mass is 35.5. The van der Waals surface area contributed by atoms with Crippen molar-refractivity contribution in [3.05, 3.63) is 35.2 Å². The van der Waals surface area contributed by atoms with Gasteiger partial charge in [0.1, 0.15) is 11.6 Å². The SMILES string of the molecule is COc1ccccc1Nc1nc(Cl)nc2c1c(C)nn2C. The quantitative estimate of drug-likeness (QED) is 0.753. The van der Waals surface area contributed by atoms with Crippen LogP contribution in [0.5, 0.6) is 5.75 Å². The molecule has 0 fully saturated rings. The smallest absolute Gasteiger partial charge is 0.226 e. The molecule has 1 aromatic carbocycles. The van der Waals surface area contributed by atoms with Crippen LogP contribution in [0.3, 0.4) is 0 Å². The van der Waals surface area contributed by atoms with Crippen molar-refractivity contribution < 1.29 is 4.74 Å². The van der Waals surface area contributed by atoms with Crippen molar-refractivity contribution in [1.82, 2.24) is 19.7 Å². The highest BCUT2D eigenvalue weighted by molar-refractivity contribution is 6.28. The predicted molar refractivity (Wildman–Crippen MR) is 82.3 cm³/mol. The van der Waals surface area contributed by atoms with E-state index < -0.39 is 0 Å². The molecule has 1 N–H and O–H groups in total. The number of fused-ring (bicyclic) bond motifs is 1. The third-order valence-corrected chi connectivity index (χ3v) is 3.36. The first kappa shape index (κ1) is 13.6. The van der Waals surface area contributed by atoms with Crippen LogP contribution < -0.4 is 10.1 Å². The minimum absolute atomic E-state index is 0.169. The molecular formula is C14H14ClN5O.